The van der Waals surface area contributed by atoms with E-state index in [0.717, 1.165) is 19.2 Å². The molecule has 0 amide bonds. The summed E-state index contributed by atoms with van der Waals surface area (Å²) in [5.74, 6) is -7.31. The van der Waals surface area contributed by atoms with E-state index in [1.54, 1.807) is 0 Å². The van der Waals surface area contributed by atoms with E-state index in [-0.39, 0.29) is 4.88 Å². The first-order chi connectivity index (χ1) is 10.3. The van der Waals surface area contributed by atoms with Gasteiger partial charge in [0.25, 0.3) is 0 Å². The van der Waals surface area contributed by atoms with Crippen LogP contribution in [0.3, 0.4) is 0 Å². The number of halogens is 5. The van der Waals surface area contributed by atoms with Gasteiger partial charge in [-0.15, -0.1) is 11.3 Å². The molecule has 0 unspecified atom stereocenters. The molecule has 0 saturated heterocycles. The maximum Gasteiger partial charge on any atom is 0.436 e. The van der Waals surface area contributed by atoms with Gasteiger partial charge in [0, 0.05) is 0 Å². The lowest BCUT2D eigenvalue weighted by molar-refractivity contribution is -0.184. The van der Waals surface area contributed by atoms with Crippen molar-refractivity contribution < 1.29 is 36.2 Å². The van der Waals surface area contributed by atoms with Crippen LogP contribution in [-0.2, 0) is 10.8 Å². The molecule has 22 heavy (non-hydrogen) atoms. The lowest BCUT2D eigenvalue weighted by atomic mass is 10.3. The minimum Gasteiger partial charge on any atom is -0.465 e. The average molecular weight is 338 g/mol. The molecule has 0 radical (unpaired) electrons. The van der Waals surface area contributed by atoms with E-state index in [1.165, 1.54) is 0 Å². The van der Waals surface area contributed by atoms with Crippen molar-refractivity contribution in [3.05, 3.63) is 51.5 Å². The van der Waals surface area contributed by atoms with E-state index in [4.69, 9.17) is 0 Å². The zero-order valence-corrected chi connectivity index (χ0v) is 11.6. The molecular weight excluding hydrogens is 331 g/mol. The maximum absolute atomic E-state index is 13.9. The number of thiophene rings is 1. The van der Waals surface area contributed by atoms with Crippen LogP contribution < -0.4 is 4.74 Å². The van der Waals surface area contributed by atoms with Gasteiger partial charge in [-0.05, 0) is 24.3 Å². The highest BCUT2D eigenvalue weighted by Crippen LogP contribution is 2.37. The zero-order valence-electron chi connectivity index (χ0n) is 10.8. The molecular formula is C13H7F5O3S. The van der Waals surface area contributed by atoms with Crippen LogP contribution in [0.1, 0.15) is 14.5 Å². The first kappa shape index (κ1) is 16.2. The van der Waals surface area contributed by atoms with Gasteiger partial charge in [0.2, 0.25) is 5.82 Å². The molecule has 0 spiro atoms. The van der Waals surface area contributed by atoms with Crippen LogP contribution in [0.5, 0.6) is 5.75 Å². The van der Waals surface area contributed by atoms with Crippen molar-refractivity contribution >= 4 is 17.3 Å². The molecule has 0 fully saturated rings. The van der Waals surface area contributed by atoms with E-state index in [2.05, 4.69) is 9.47 Å². The maximum atomic E-state index is 13.9. The van der Waals surface area contributed by atoms with Gasteiger partial charge >= 0.3 is 12.1 Å². The van der Waals surface area contributed by atoms with Gasteiger partial charge in [0.15, 0.2) is 17.4 Å². The Bertz CT molecular complexity index is 714. The van der Waals surface area contributed by atoms with Crippen LogP contribution in [0.25, 0.3) is 0 Å². The molecule has 118 valence electrons. The minimum absolute atomic E-state index is 0.119. The first-order valence-electron chi connectivity index (χ1n) is 5.65. The number of carbonyl (C=O) groups excluding carboxylic acids is 1. The molecule has 0 aliphatic rings. The fraction of sp³-hybridized carbons (Fsp3) is 0.154. The molecule has 3 nitrogen and oxygen atoms in total. The van der Waals surface area contributed by atoms with Gasteiger partial charge in [-0.25, -0.2) is 13.6 Å². The summed E-state index contributed by atoms with van der Waals surface area (Å²) in [7, 11) is 1.08. The van der Waals surface area contributed by atoms with Crippen LogP contribution >= 0.6 is 11.3 Å². The summed E-state index contributed by atoms with van der Waals surface area (Å²) < 4.78 is 75.3. The standard InChI is InChI=1S/C13H7F5O3S/c1-20-12(19)8-4-5-9(22-8)13(17,18)21-7-3-2-6(14)10(15)11(7)16/h2-5H,1H3. The van der Waals surface area contributed by atoms with E-state index in [9.17, 15) is 26.7 Å². The third-order valence-corrected chi connectivity index (χ3v) is 3.63. The quantitative estimate of drug-likeness (QED) is 0.479. The molecule has 2 aromatic rings. The number of benzene rings is 1. The summed E-state index contributed by atoms with van der Waals surface area (Å²) in [4.78, 5) is 10.4. The summed E-state index contributed by atoms with van der Waals surface area (Å²) in [5, 5.41) is 0. The van der Waals surface area contributed by atoms with Gasteiger partial charge in [-0.3, -0.25) is 0 Å². The lowest BCUT2D eigenvalue weighted by Gasteiger charge is -2.17. The topological polar surface area (TPSA) is 35.5 Å². The van der Waals surface area contributed by atoms with Crippen molar-refractivity contribution in [1.82, 2.24) is 0 Å². The third-order valence-electron chi connectivity index (χ3n) is 2.52. The highest BCUT2D eigenvalue weighted by molar-refractivity contribution is 7.14. The molecule has 0 N–H and O–H groups in total. The van der Waals surface area contributed by atoms with Crippen molar-refractivity contribution in [2.24, 2.45) is 0 Å². The summed E-state index contributed by atoms with van der Waals surface area (Å²) in [6.07, 6.45) is -4.04. The Kier molecular flexibility index (Phi) is 4.36. The minimum atomic E-state index is -4.04. The second-order valence-corrected chi connectivity index (χ2v) is 5.03. The molecule has 9 heteroatoms. The van der Waals surface area contributed by atoms with Crippen LogP contribution in [0, 0.1) is 17.5 Å². The van der Waals surface area contributed by atoms with E-state index < -0.39 is 40.2 Å². The molecule has 1 aromatic carbocycles. The fourth-order valence-electron chi connectivity index (χ4n) is 1.48. The molecule has 2 rings (SSSR count). The molecule has 0 atom stereocenters. The number of hydrogen-bond donors (Lipinski definition) is 0. The van der Waals surface area contributed by atoms with Crippen LogP contribution in [0.15, 0.2) is 24.3 Å². The Balaban J connectivity index is 2.30. The van der Waals surface area contributed by atoms with Gasteiger partial charge in [-0.1, -0.05) is 0 Å². The average Bonchev–Trinajstić information content (AvgIpc) is 2.98. The molecule has 0 aliphatic heterocycles. The SMILES string of the molecule is COC(=O)c1ccc(C(F)(F)Oc2ccc(F)c(F)c2F)s1. The second kappa shape index (κ2) is 5.91. The highest BCUT2D eigenvalue weighted by Gasteiger charge is 2.38. The van der Waals surface area contributed by atoms with Crippen molar-refractivity contribution in [2.45, 2.75) is 6.11 Å². The molecule has 0 aliphatic carbocycles. The number of rotatable bonds is 4. The van der Waals surface area contributed by atoms with Crippen LogP contribution in [0.2, 0.25) is 0 Å². The van der Waals surface area contributed by atoms with E-state index in [0.29, 0.717) is 23.5 Å². The number of alkyl halides is 2. The van der Waals surface area contributed by atoms with E-state index in [1.807, 2.05) is 0 Å². The van der Waals surface area contributed by atoms with Crippen molar-refractivity contribution in [3.63, 3.8) is 0 Å². The Morgan fingerprint density at radius 2 is 1.77 bits per heavy atom. The monoisotopic (exact) mass is 338 g/mol. The van der Waals surface area contributed by atoms with Crippen molar-refractivity contribution in [2.75, 3.05) is 7.11 Å². The summed E-state index contributed by atoms with van der Waals surface area (Å²) >= 11 is 0.365. The predicted molar refractivity (Wildman–Crippen MR) is 66.5 cm³/mol. The summed E-state index contributed by atoms with van der Waals surface area (Å²) in [6, 6.07) is 2.95. The predicted octanol–water partition coefficient (Wildman–Crippen LogP) is 4.08. The number of ether oxygens (including phenoxy) is 2. The largest absolute Gasteiger partial charge is 0.465 e. The third kappa shape index (κ3) is 3.03. The van der Waals surface area contributed by atoms with Crippen molar-refractivity contribution in [3.8, 4) is 5.75 Å². The van der Waals surface area contributed by atoms with Gasteiger partial charge in [-0.2, -0.15) is 13.2 Å². The molecule has 1 heterocycles. The highest BCUT2D eigenvalue weighted by atomic mass is 32.1. The number of esters is 1. The number of methoxy groups -OCH3 is 1. The number of hydrogen-bond acceptors (Lipinski definition) is 4. The van der Waals surface area contributed by atoms with Crippen LogP contribution in [0.4, 0.5) is 22.0 Å². The Hall–Kier alpha value is -2.16. The number of carbonyl (C=O) groups is 1. The Labute approximate surface area is 124 Å². The van der Waals surface area contributed by atoms with Gasteiger partial charge < -0.3 is 9.47 Å². The summed E-state index contributed by atoms with van der Waals surface area (Å²) in [6.45, 7) is 0. The van der Waals surface area contributed by atoms with Gasteiger partial charge in [0.1, 0.15) is 9.75 Å². The fourth-order valence-corrected chi connectivity index (χ4v) is 2.32. The molecule has 0 bridgehead atoms. The molecule has 0 saturated carbocycles. The van der Waals surface area contributed by atoms with Crippen molar-refractivity contribution in [1.29, 1.82) is 0 Å². The Morgan fingerprint density at radius 3 is 2.41 bits per heavy atom. The Morgan fingerprint density at radius 1 is 1.09 bits per heavy atom. The first-order valence-corrected chi connectivity index (χ1v) is 6.47. The van der Waals surface area contributed by atoms with Crippen LogP contribution in [-0.4, -0.2) is 13.1 Å². The smallest absolute Gasteiger partial charge is 0.436 e. The van der Waals surface area contributed by atoms with Gasteiger partial charge in [0.05, 0.1) is 7.11 Å². The summed E-state index contributed by atoms with van der Waals surface area (Å²) in [5.41, 5.74) is 0. The van der Waals surface area contributed by atoms with E-state index >= 15 is 0 Å². The molecule has 1 aromatic heterocycles. The lowest BCUT2D eigenvalue weighted by Crippen LogP contribution is -2.21. The normalized spacial score (nSPS) is 11.4. The zero-order chi connectivity index (χ0) is 16.5. The second-order valence-electron chi connectivity index (χ2n) is 3.95.